The van der Waals surface area contributed by atoms with Crippen LogP contribution in [0.5, 0.6) is 0 Å². The largest absolute Gasteiger partial charge is 0.383 e. The fourth-order valence-electron chi connectivity index (χ4n) is 1.30. The molecule has 0 aliphatic rings. The molecular weight excluding hydrogens is 236 g/mol. The number of pyridine rings is 1. The minimum absolute atomic E-state index is 0.286. The molecule has 2 aromatic rings. The number of carbonyl (C=O) groups excluding carboxylic acids is 1. The molecular formula is C10H12N6O2. The highest BCUT2D eigenvalue weighted by atomic mass is 16.5. The first-order valence-electron chi connectivity index (χ1n) is 5.27. The van der Waals surface area contributed by atoms with Crippen molar-refractivity contribution in [1.29, 1.82) is 0 Å². The number of aromatic nitrogens is 5. The van der Waals surface area contributed by atoms with Crippen molar-refractivity contribution >= 4 is 11.9 Å². The van der Waals surface area contributed by atoms with Crippen LogP contribution in [0.2, 0.25) is 0 Å². The smallest absolute Gasteiger partial charge is 0.258 e. The summed E-state index contributed by atoms with van der Waals surface area (Å²) in [5, 5.41) is 13.6. The lowest BCUT2D eigenvalue weighted by atomic mass is 10.2. The molecule has 0 atom stereocenters. The van der Waals surface area contributed by atoms with Crippen LogP contribution in [-0.4, -0.2) is 44.8 Å². The van der Waals surface area contributed by atoms with Crippen LogP contribution in [0.3, 0.4) is 0 Å². The van der Waals surface area contributed by atoms with E-state index in [1.165, 1.54) is 4.68 Å². The molecule has 2 aromatic heterocycles. The first kappa shape index (κ1) is 12.1. The Hall–Kier alpha value is -2.35. The second-order valence-electron chi connectivity index (χ2n) is 3.41. The van der Waals surface area contributed by atoms with E-state index in [0.717, 1.165) is 0 Å². The number of methoxy groups -OCH3 is 1. The van der Waals surface area contributed by atoms with Crippen LogP contribution in [0.1, 0.15) is 10.4 Å². The molecule has 1 N–H and O–H groups in total. The molecule has 18 heavy (non-hydrogen) atoms. The van der Waals surface area contributed by atoms with Gasteiger partial charge in [-0.25, -0.2) is 4.68 Å². The SMILES string of the molecule is COCCn1nnnc1NC(=O)c1ccncc1. The lowest BCUT2D eigenvalue weighted by Crippen LogP contribution is -2.17. The molecule has 0 unspecified atom stereocenters. The number of nitrogens with one attached hydrogen (secondary N) is 1. The maximum atomic E-state index is 11.9. The lowest BCUT2D eigenvalue weighted by molar-refractivity contribution is 0.102. The van der Waals surface area contributed by atoms with E-state index >= 15 is 0 Å². The number of rotatable bonds is 5. The second kappa shape index (κ2) is 5.82. The molecule has 0 bridgehead atoms. The summed E-state index contributed by atoms with van der Waals surface area (Å²) >= 11 is 0. The number of hydrogen-bond acceptors (Lipinski definition) is 6. The molecule has 0 aromatic carbocycles. The number of ether oxygens (including phenoxy) is 1. The minimum atomic E-state index is -0.286. The van der Waals surface area contributed by atoms with Crippen molar-refractivity contribution in [3.8, 4) is 0 Å². The van der Waals surface area contributed by atoms with Gasteiger partial charge in [0.2, 0.25) is 5.95 Å². The number of hydrogen-bond donors (Lipinski definition) is 1. The normalized spacial score (nSPS) is 10.3. The molecule has 0 spiro atoms. The zero-order valence-corrected chi connectivity index (χ0v) is 9.78. The van der Waals surface area contributed by atoms with Crippen molar-refractivity contribution < 1.29 is 9.53 Å². The van der Waals surface area contributed by atoms with Gasteiger partial charge in [-0.2, -0.15) is 0 Å². The summed E-state index contributed by atoms with van der Waals surface area (Å²) in [6, 6.07) is 3.22. The summed E-state index contributed by atoms with van der Waals surface area (Å²) in [5.74, 6) is -0.000251. The van der Waals surface area contributed by atoms with Crippen LogP contribution < -0.4 is 5.32 Å². The van der Waals surface area contributed by atoms with Crippen molar-refractivity contribution in [1.82, 2.24) is 25.2 Å². The number of carbonyl (C=O) groups is 1. The molecule has 2 heterocycles. The summed E-state index contributed by atoms with van der Waals surface area (Å²) in [5.41, 5.74) is 0.492. The third-order valence-corrected chi connectivity index (χ3v) is 2.21. The molecule has 2 rings (SSSR count). The van der Waals surface area contributed by atoms with Gasteiger partial charge in [0.15, 0.2) is 0 Å². The maximum absolute atomic E-state index is 11.9. The topological polar surface area (TPSA) is 94.8 Å². The van der Waals surface area contributed by atoms with Crippen molar-refractivity contribution in [2.24, 2.45) is 0 Å². The predicted octanol–water partition coefficient (Wildman–Crippen LogP) is -0.0332. The average molecular weight is 248 g/mol. The second-order valence-corrected chi connectivity index (χ2v) is 3.41. The molecule has 0 aliphatic heterocycles. The molecule has 0 saturated heterocycles. The van der Waals surface area contributed by atoms with Gasteiger partial charge in [-0.1, -0.05) is 5.10 Å². The van der Waals surface area contributed by atoms with E-state index in [-0.39, 0.29) is 11.9 Å². The Morgan fingerprint density at radius 3 is 2.94 bits per heavy atom. The highest BCUT2D eigenvalue weighted by Crippen LogP contribution is 2.04. The third-order valence-electron chi connectivity index (χ3n) is 2.21. The molecule has 0 fully saturated rings. The number of amides is 1. The van der Waals surface area contributed by atoms with Crippen LogP contribution in [0.25, 0.3) is 0 Å². The van der Waals surface area contributed by atoms with E-state index < -0.39 is 0 Å². The van der Waals surface area contributed by atoms with Gasteiger partial charge in [0.05, 0.1) is 13.2 Å². The highest BCUT2D eigenvalue weighted by molar-refractivity contribution is 6.03. The van der Waals surface area contributed by atoms with Crippen molar-refractivity contribution in [3.63, 3.8) is 0 Å². The monoisotopic (exact) mass is 248 g/mol. The summed E-state index contributed by atoms with van der Waals surface area (Å²) in [4.78, 5) is 15.7. The van der Waals surface area contributed by atoms with Gasteiger partial charge in [0.25, 0.3) is 5.91 Å². The Balaban J connectivity index is 2.05. The predicted molar refractivity (Wildman–Crippen MR) is 61.9 cm³/mol. The summed E-state index contributed by atoms with van der Waals surface area (Å²) in [7, 11) is 1.58. The minimum Gasteiger partial charge on any atom is -0.383 e. The molecule has 0 radical (unpaired) electrons. The van der Waals surface area contributed by atoms with Crippen molar-refractivity contribution in [2.75, 3.05) is 19.0 Å². The molecule has 8 heteroatoms. The number of tetrazole rings is 1. The zero-order chi connectivity index (χ0) is 12.8. The van der Waals surface area contributed by atoms with Gasteiger partial charge >= 0.3 is 0 Å². The Kier molecular flexibility index (Phi) is 3.92. The number of nitrogens with zero attached hydrogens (tertiary/aromatic N) is 5. The van der Waals surface area contributed by atoms with Crippen LogP contribution >= 0.6 is 0 Å². The molecule has 94 valence electrons. The van der Waals surface area contributed by atoms with Crippen LogP contribution in [-0.2, 0) is 11.3 Å². The standard InChI is InChI=1S/C10H12N6O2/c1-18-7-6-16-10(13-14-15-16)12-9(17)8-2-4-11-5-3-8/h2-5H,6-7H2,1H3,(H,12,13,15,17). The Bertz CT molecular complexity index is 512. The van der Waals surface area contributed by atoms with Crippen molar-refractivity contribution in [3.05, 3.63) is 30.1 Å². The van der Waals surface area contributed by atoms with E-state index in [1.807, 2.05) is 0 Å². The Labute approximate surface area is 103 Å². The van der Waals surface area contributed by atoms with Crippen LogP contribution in [0.15, 0.2) is 24.5 Å². The molecule has 0 aliphatic carbocycles. The first-order valence-corrected chi connectivity index (χ1v) is 5.27. The van der Waals surface area contributed by atoms with Gasteiger partial charge in [-0.05, 0) is 22.6 Å². The van der Waals surface area contributed by atoms with Gasteiger partial charge in [0, 0.05) is 25.1 Å². The van der Waals surface area contributed by atoms with Gasteiger partial charge in [0.1, 0.15) is 0 Å². The number of anilines is 1. The zero-order valence-electron chi connectivity index (χ0n) is 9.78. The lowest BCUT2D eigenvalue weighted by Gasteiger charge is -2.05. The van der Waals surface area contributed by atoms with Crippen LogP contribution in [0.4, 0.5) is 5.95 Å². The van der Waals surface area contributed by atoms with E-state index in [9.17, 15) is 4.79 Å². The fourth-order valence-corrected chi connectivity index (χ4v) is 1.30. The maximum Gasteiger partial charge on any atom is 0.258 e. The highest BCUT2D eigenvalue weighted by Gasteiger charge is 2.11. The summed E-state index contributed by atoms with van der Waals surface area (Å²) in [6.45, 7) is 0.929. The van der Waals surface area contributed by atoms with Crippen LogP contribution in [0, 0.1) is 0 Å². The fraction of sp³-hybridized carbons (Fsp3) is 0.300. The van der Waals surface area contributed by atoms with Gasteiger partial charge < -0.3 is 4.74 Å². The summed E-state index contributed by atoms with van der Waals surface area (Å²) in [6.07, 6.45) is 3.09. The first-order chi connectivity index (χ1) is 8.81. The van der Waals surface area contributed by atoms with E-state index in [1.54, 1.807) is 31.6 Å². The quantitative estimate of drug-likeness (QED) is 0.798. The molecule has 8 nitrogen and oxygen atoms in total. The Morgan fingerprint density at radius 1 is 1.44 bits per heavy atom. The van der Waals surface area contributed by atoms with E-state index in [0.29, 0.717) is 18.7 Å². The molecule has 1 amide bonds. The molecule has 0 saturated carbocycles. The Morgan fingerprint density at radius 2 is 2.22 bits per heavy atom. The summed E-state index contributed by atoms with van der Waals surface area (Å²) < 4.78 is 6.38. The van der Waals surface area contributed by atoms with Crippen molar-refractivity contribution in [2.45, 2.75) is 6.54 Å². The van der Waals surface area contributed by atoms with E-state index in [2.05, 4.69) is 25.8 Å². The average Bonchev–Trinajstić information content (AvgIpc) is 2.84. The van der Waals surface area contributed by atoms with Gasteiger partial charge in [-0.3, -0.25) is 15.1 Å². The van der Waals surface area contributed by atoms with Gasteiger partial charge in [-0.15, -0.1) is 0 Å². The third kappa shape index (κ3) is 2.86. The van der Waals surface area contributed by atoms with E-state index in [4.69, 9.17) is 4.74 Å².